The lowest BCUT2D eigenvalue weighted by atomic mass is 9.75. The van der Waals surface area contributed by atoms with Gasteiger partial charge in [0.05, 0.1) is 18.3 Å². The molecule has 2 aliphatic rings. The van der Waals surface area contributed by atoms with Crippen molar-refractivity contribution in [2.75, 3.05) is 7.11 Å². The number of fused-ring (bicyclic) bond motifs is 1. The molecule has 0 spiro atoms. The molecule has 5 heteroatoms. The molecule has 1 aromatic heterocycles. The zero-order valence-corrected chi connectivity index (χ0v) is 14.3. The lowest BCUT2D eigenvalue weighted by Crippen LogP contribution is -2.36. The molecule has 2 heterocycles. The minimum atomic E-state index is -0.411. The first kappa shape index (κ1) is 16.3. The van der Waals surface area contributed by atoms with E-state index in [0.29, 0.717) is 0 Å². The van der Waals surface area contributed by atoms with Gasteiger partial charge in [0, 0.05) is 19.5 Å². The molecule has 3 atom stereocenters. The predicted molar refractivity (Wildman–Crippen MR) is 98.4 cm³/mol. The molecular formula is C20H20BNO3. The smallest absolute Gasteiger partial charge is 0.398 e. The van der Waals surface area contributed by atoms with Gasteiger partial charge in [0.2, 0.25) is 0 Å². The Kier molecular flexibility index (Phi) is 4.53. The summed E-state index contributed by atoms with van der Waals surface area (Å²) in [7, 11) is 1.30. The molecule has 4 rings (SSSR count). The van der Waals surface area contributed by atoms with E-state index in [-0.39, 0.29) is 18.3 Å². The van der Waals surface area contributed by atoms with Gasteiger partial charge in [0.15, 0.2) is 0 Å². The fraction of sp³-hybridized carbons (Fsp3) is 0.250. The van der Waals surface area contributed by atoms with Crippen molar-refractivity contribution in [3.63, 3.8) is 0 Å². The van der Waals surface area contributed by atoms with E-state index < -0.39 is 7.12 Å². The van der Waals surface area contributed by atoms with Crippen molar-refractivity contribution >= 4 is 18.2 Å². The third kappa shape index (κ3) is 3.06. The van der Waals surface area contributed by atoms with Gasteiger partial charge in [-0.3, -0.25) is 4.98 Å². The van der Waals surface area contributed by atoms with Crippen LogP contribution in [-0.2, 0) is 14.0 Å². The Labute approximate surface area is 148 Å². The highest BCUT2D eigenvalue weighted by atomic mass is 16.7. The fourth-order valence-corrected chi connectivity index (χ4v) is 3.38. The molecule has 1 aliphatic heterocycles. The molecule has 1 fully saturated rings. The Morgan fingerprint density at radius 1 is 1.16 bits per heavy atom. The Bertz CT molecular complexity index is 806. The molecule has 0 N–H and O–H groups in total. The Balaban J connectivity index is 1.64. The predicted octanol–water partition coefficient (Wildman–Crippen LogP) is 2.92. The van der Waals surface area contributed by atoms with Gasteiger partial charge in [0.1, 0.15) is 0 Å². The molecule has 1 saturated heterocycles. The SMILES string of the molecule is CO[C@@H](C)c1ccccc1B1O[C@H]2C=CC=C(c3cccnc3)[C@H]2O1. The molecule has 25 heavy (non-hydrogen) atoms. The minimum Gasteiger partial charge on any atom is -0.398 e. The van der Waals surface area contributed by atoms with Crippen molar-refractivity contribution in [2.45, 2.75) is 25.2 Å². The molecule has 2 aromatic rings. The van der Waals surface area contributed by atoms with E-state index in [1.54, 1.807) is 13.3 Å². The van der Waals surface area contributed by atoms with Crippen LogP contribution in [0.5, 0.6) is 0 Å². The monoisotopic (exact) mass is 333 g/mol. The van der Waals surface area contributed by atoms with Crippen LogP contribution in [0, 0.1) is 0 Å². The second-order valence-electron chi connectivity index (χ2n) is 6.24. The van der Waals surface area contributed by atoms with Gasteiger partial charge in [0.25, 0.3) is 0 Å². The van der Waals surface area contributed by atoms with Crippen molar-refractivity contribution in [1.29, 1.82) is 0 Å². The Morgan fingerprint density at radius 2 is 2.04 bits per heavy atom. The molecule has 0 radical (unpaired) electrons. The van der Waals surface area contributed by atoms with E-state index in [1.165, 1.54) is 0 Å². The van der Waals surface area contributed by atoms with Crippen LogP contribution in [0.4, 0.5) is 0 Å². The molecule has 0 saturated carbocycles. The largest absolute Gasteiger partial charge is 0.495 e. The number of methoxy groups -OCH3 is 1. The summed E-state index contributed by atoms with van der Waals surface area (Å²) < 4.78 is 18.0. The number of ether oxygens (including phenoxy) is 1. The van der Waals surface area contributed by atoms with Crippen LogP contribution >= 0.6 is 0 Å². The molecule has 4 nitrogen and oxygen atoms in total. The maximum absolute atomic E-state index is 6.33. The van der Waals surface area contributed by atoms with E-state index in [0.717, 1.165) is 22.2 Å². The number of nitrogens with zero attached hydrogens (tertiary/aromatic N) is 1. The standard InChI is InChI=1S/C20H20BNO3/c1-14(23-2)16-8-3-4-10-18(16)21-24-19-11-5-9-17(20(19)25-21)15-7-6-12-22-13-15/h3-14,19-20H,1-2H3/t14-,19-,20+/m0/s1. The summed E-state index contributed by atoms with van der Waals surface area (Å²) in [4.78, 5) is 4.22. The Morgan fingerprint density at radius 3 is 2.84 bits per heavy atom. The number of allylic oxidation sites excluding steroid dienone is 2. The van der Waals surface area contributed by atoms with E-state index in [9.17, 15) is 0 Å². The van der Waals surface area contributed by atoms with E-state index in [4.69, 9.17) is 14.0 Å². The van der Waals surface area contributed by atoms with Gasteiger partial charge >= 0.3 is 7.12 Å². The maximum Gasteiger partial charge on any atom is 0.495 e. The van der Waals surface area contributed by atoms with E-state index in [1.807, 2.05) is 55.6 Å². The van der Waals surface area contributed by atoms with Gasteiger partial charge in [-0.05, 0) is 35.2 Å². The summed E-state index contributed by atoms with van der Waals surface area (Å²) in [6, 6.07) is 12.1. The Hall–Kier alpha value is -2.21. The van der Waals surface area contributed by atoms with Crippen molar-refractivity contribution in [1.82, 2.24) is 4.98 Å². The molecule has 0 bridgehead atoms. The lowest BCUT2D eigenvalue weighted by Gasteiger charge is -2.21. The van der Waals surface area contributed by atoms with Crippen molar-refractivity contribution < 1.29 is 14.0 Å². The van der Waals surface area contributed by atoms with Crippen LogP contribution < -0.4 is 5.46 Å². The van der Waals surface area contributed by atoms with Crippen molar-refractivity contribution in [2.24, 2.45) is 0 Å². The summed E-state index contributed by atoms with van der Waals surface area (Å²) in [6.45, 7) is 2.03. The summed E-state index contributed by atoms with van der Waals surface area (Å²) in [5, 5.41) is 0. The summed E-state index contributed by atoms with van der Waals surface area (Å²) in [6.07, 6.45) is 9.53. The molecular weight excluding hydrogens is 313 g/mol. The van der Waals surface area contributed by atoms with Crippen LogP contribution in [-0.4, -0.2) is 31.4 Å². The van der Waals surface area contributed by atoms with E-state index >= 15 is 0 Å². The van der Waals surface area contributed by atoms with Crippen molar-refractivity contribution in [3.05, 3.63) is 78.1 Å². The highest BCUT2D eigenvalue weighted by Gasteiger charge is 2.43. The molecule has 126 valence electrons. The number of rotatable bonds is 4. The highest BCUT2D eigenvalue weighted by Crippen LogP contribution is 2.33. The summed E-state index contributed by atoms with van der Waals surface area (Å²) in [5.74, 6) is 0. The third-order valence-electron chi connectivity index (χ3n) is 4.77. The van der Waals surface area contributed by atoms with Crippen molar-refractivity contribution in [3.8, 4) is 0 Å². The van der Waals surface area contributed by atoms with E-state index in [2.05, 4.69) is 17.1 Å². The maximum atomic E-state index is 6.33. The van der Waals surface area contributed by atoms with Gasteiger partial charge in [-0.15, -0.1) is 0 Å². The fourth-order valence-electron chi connectivity index (χ4n) is 3.38. The number of pyridine rings is 1. The molecule has 1 aliphatic carbocycles. The second kappa shape index (κ2) is 6.96. The number of hydrogen-bond acceptors (Lipinski definition) is 4. The number of hydrogen-bond donors (Lipinski definition) is 0. The normalized spacial score (nSPS) is 23.3. The average molecular weight is 333 g/mol. The average Bonchev–Trinajstić information content (AvgIpc) is 3.12. The summed E-state index contributed by atoms with van der Waals surface area (Å²) in [5.41, 5.74) is 4.26. The minimum absolute atomic E-state index is 0.0186. The zero-order chi connectivity index (χ0) is 17.2. The third-order valence-corrected chi connectivity index (χ3v) is 4.77. The first-order chi connectivity index (χ1) is 12.3. The lowest BCUT2D eigenvalue weighted by molar-refractivity contribution is 0.120. The molecule has 0 amide bonds. The van der Waals surface area contributed by atoms with Crippen LogP contribution in [0.25, 0.3) is 5.57 Å². The second-order valence-corrected chi connectivity index (χ2v) is 6.24. The first-order valence-corrected chi connectivity index (χ1v) is 8.49. The van der Waals surface area contributed by atoms with Crippen LogP contribution in [0.15, 0.2) is 67.0 Å². The zero-order valence-electron chi connectivity index (χ0n) is 14.3. The molecule has 0 unspecified atom stereocenters. The number of benzene rings is 1. The molecule has 1 aromatic carbocycles. The topological polar surface area (TPSA) is 40.6 Å². The first-order valence-electron chi connectivity index (χ1n) is 8.49. The number of aromatic nitrogens is 1. The quantitative estimate of drug-likeness (QED) is 0.807. The van der Waals surface area contributed by atoms with Crippen LogP contribution in [0.1, 0.15) is 24.2 Å². The van der Waals surface area contributed by atoms with Gasteiger partial charge < -0.3 is 14.0 Å². The van der Waals surface area contributed by atoms with Gasteiger partial charge in [-0.1, -0.05) is 48.6 Å². The van der Waals surface area contributed by atoms with Gasteiger partial charge in [-0.2, -0.15) is 0 Å². The van der Waals surface area contributed by atoms with Crippen LogP contribution in [0.3, 0.4) is 0 Å². The highest BCUT2D eigenvalue weighted by molar-refractivity contribution is 6.62. The van der Waals surface area contributed by atoms with Crippen LogP contribution in [0.2, 0.25) is 0 Å². The van der Waals surface area contributed by atoms with Gasteiger partial charge in [-0.25, -0.2) is 0 Å². The summed E-state index contributed by atoms with van der Waals surface area (Å²) >= 11 is 0.